The molecule has 2 aromatic rings. The molecule has 0 amide bonds. The van der Waals surface area contributed by atoms with Crippen molar-refractivity contribution in [1.29, 1.82) is 0 Å². The molecule has 0 aliphatic heterocycles. The molecular weight excluding hydrogens is 258 g/mol. The molecule has 1 aromatic carbocycles. The quantitative estimate of drug-likeness (QED) is 0.924. The Kier molecular flexibility index (Phi) is 4.73. The average molecular weight is 283 g/mol. The van der Waals surface area contributed by atoms with Crippen LogP contribution in [0.25, 0.3) is 11.4 Å². The smallest absolute Gasteiger partial charge is 0.159 e. The van der Waals surface area contributed by atoms with Crippen molar-refractivity contribution in [1.82, 2.24) is 9.97 Å². The molecule has 112 valence electrons. The number of aryl methyl sites for hydroxylation is 2. The highest BCUT2D eigenvalue weighted by Gasteiger charge is 2.14. The molecule has 0 saturated heterocycles. The van der Waals surface area contributed by atoms with Crippen LogP contribution in [0.2, 0.25) is 0 Å². The molecule has 0 bridgehead atoms. The lowest BCUT2D eigenvalue weighted by atomic mass is 9.97. The van der Waals surface area contributed by atoms with Gasteiger partial charge in [-0.1, -0.05) is 45.0 Å². The molecule has 0 saturated carbocycles. The van der Waals surface area contributed by atoms with Gasteiger partial charge >= 0.3 is 0 Å². The topological polar surface area (TPSA) is 51.8 Å². The summed E-state index contributed by atoms with van der Waals surface area (Å²) >= 11 is 0. The molecule has 0 radical (unpaired) electrons. The van der Waals surface area contributed by atoms with E-state index in [0.717, 1.165) is 22.8 Å². The molecule has 1 heterocycles. The maximum atomic E-state index is 5.78. The second kappa shape index (κ2) is 6.35. The SMILES string of the molecule is Cc1nc(-c2ccc(C(C)C)cc2)nc(C)c1C(C)CN. The van der Waals surface area contributed by atoms with Gasteiger partial charge in [0.1, 0.15) is 0 Å². The van der Waals surface area contributed by atoms with E-state index in [0.29, 0.717) is 18.4 Å². The van der Waals surface area contributed by atoms with Gasteiger partial charge in [-0.3, -0.25) is 0 Å². The Bertz CT molecular complexity index is 592. The Morgan fingerprint density at radius 2 is 1.48 bits per heavy atom. The van der Waals surface area contributed by atoms with Crippen LogP contribution in [0.5, 0.6) is 0 Å². The van der Waals surface area contributed by atoms with E-state index in [1.165, 1.54) is 11.1 Å². The standard InChI is InChI=1S/C18H25N3/c1-11(2)15-6-8-16(9-7-15)18-20-13(4)17(12(3)10-19)14(5)21-18/h6-9,11-12H,10,19H2,1-5H3. The number of nitrogens with zero attached hydrogens (tertiary/aromatic N) is 2. The third kappa shape index (κ3) is 3.30. The molecule has 3 nitrogen and oxygen atoms in total. The molecule has 0 fully saturated rings. The zero-order chi connectivity index (χ0) is 15.6. The summed E-state index contributed by atoms with van der Waals surface area (Å²) in [6.07, 6.45) is 0. The van der Waals surface area contributed by atoms with Gasteiger partial charge in [-0.15, -0.1) is 0 Å². The van der Waals surface area contributed by atoms with Crippen molar-refractivity contribution < 1.29 is 0 Å². The maximum absolute atomic E-state index is 5.78. The Hall–Kier alpha value is -1.74. The van der Waals surface area contributed by atoms with Crippen molar-refractivity contribution in [3.05, 3.63) is 46.8 Å². The van der Waals surface area contributed by atoms with Gasteiger partial charge in [0.05, 0.1) is 0 Å². The van der Waals surface area contributed by atoms with Crippen molar-refractivity contribution in [3.8, 4) is 11.4 Å². The lowest BCUT2D eigenvalue weighted by Gasteiger charge is -2.16. The van der Waals surface area contributed by atoms with Gasteiger partial charge in [-0.05, 0) is 43.4 Å². The zero-order valence-corrected chi connectivity index (χ0v) is 13.6. The fourth-order valence-corrected chi connectivity index (χ4v) is 2.70. The van der Waals surface area contributed by atoms with Gasteiger partial charge in [-0.2, -0.15) is 0 Å². The summed E-state index contributed by atoms with van der Waals surface area (Å²) in [5.41, 5.74) is 11.4. The van der Waals surface area contributed by atoms with Crippen LogP contribution in [0, 0.1) is 13.8 Å². The van der Waals surface area contributed by atoms with E-state index in [4.69, 9.17) is 5.73 Å². The molecule has 0 spiro atoms. The first-order valence-corrected chi connectivity index (χ1v) is 7.59. The van der Waals surface area contributed by atoms with Crippen molar-refractivity contribution in [2.45, 2.75) is 46.5 Å². The fraction of sp³-hybridized carbons (Fsp3) is 0.444. The second-order valence-electron chi connectivity index (χ2n) is 6.05. The number of nitrogens with two attached hydrogens (primary N) is 1. The summed E-state index contributed by atoms with van der Waals surface area (Å²) in [4.78, 5) is 9.36. The minimum Gasteiger partial charge on any atom is -0.330 e. The van der Waals surface area contributed by atoms with E-state index in [1.54, 1.807) is 0 Å². The van der Waals surface area contributed by atoms with E-state index in [9.17, 15) is 0 Å². The van der Waals surface area contributed by atoms with Crippen LogP contribution in [0.1, 0.15) is 55.1 Å². The number of aromatic nitrogens is 2. The average Bonchev–Trinajstić information content (AvgIpc) is 2.46. The first-order valence-electron chi connectivity index (χ1n) is 7.59. The maximum Gasteiger partial charge on any atom is 0.159 e. The predicted molar refractivity (Wildman–Crippen MR) is 88.5 cm³/mol. The Morgan fingerprint density at radius 1 is 0.952 bits per heavy atom. The molecule has 3 heteroatoms. The Morgan fingerprint density at radius 3 is 1.90 bits per heavy atom. The summed E-state index contributed by atoms with van der Waals surface area (Å²) in [6.45, 7) is 11.2. The molecular formula is C18H25N3. The fourth-order valence-electron chi connectivity index (χ4n) is 2.70. The van der Waals surface area contributed by atoms with E-state index in [-0.39, 0.29) is 0 Å². The van der Waals surface area contributed by atoms with Gasteiger partial charge in [0.15, 0.2) is 5.82 Å². The van der Waals surface area contributed by atoms with Gasteiger partial charge in [-0.25, -0.2) is 9.97 Å². The predicted octanol–water partition coefficient (Wildman–Crippen LogP) is 3.95. The molecule has 0 aliphatic rings. The van der Waals surface area contributed by atoms with Crippen molar-refractivity contribution in [3.63, 3.8) is 0 Å². The van der Waals surface area contributed by atoms with Crippen molar-refractivity contribution >= 4 is 0 Å². The van der Waals surface area contributed by atoms with E-state index in [2.05, 4.69) is 55.0 Å². The van der Waals surface area contributed by atoms with Gasteiger partial charge in [0.2, 0.25) is 0 Å². The molecule has 2 N–H and O–H groups in total. The first kappa shape index (κ1) is 15.6. The van der Waals surface area contributed by atoms with Crippen LogP contribution in [0.3, 0.4) is 0 Å². The summed E-state index contributed by atoms with van der Waals surface area (Å²) in [7, 11) is 0. The van der Waals surface area contributed by atoms with Crippen molar-refractivity contribution in [2.75, 3.05) is 6.54 Å². The Labute approximate surface area is 127 Å². The molecule has 21 heavy (non-hydrogen) atoms. The second-order valence-corrected chi connectivity index (χ2v) is 6.05. The molecule has 1 unspecified atom stereocenters. The minimum atomic E-state index is 0.294. The molecule has 0 aliphatic carbocycles. The lowest BCUT2D eigenvalue weighted by molar-refractivity contribution is 0.744. The minimum absolute atomic E-state index is 0.294. The lowest BCUT2D eigenvalue weighted by Crippen LogP contribution is -2.14. The first-order chi connectivity index (χ1) is 9.93. The molecule has 1 aromatic heterocycles. The third-order valence-electron chi connectivity index (χ3n) is 4.01. The summed E-state index contributed by atoms with van der Waals surface area (Å²) < 4.78 is 0. The normalized spacial score (nSPS) is 12.7. The van der Waals surface area contributed by atoms with Crippen molar-refractivity contribution in [2.24, 2.45) is 5.73 Å². The third-order valence-corrected chi connectivity index (χ3v) is 4.01. The van der Waals surface area contributed by atoms with Crippen LogP contribution in [-0.2, 0) is 0 Å². The van der Waals surface area contributed by atoms with E-state index < -0.39 is 0 Å². The monoisotopic (exact) mass is 283 g/mol. The van der Waals surface area contributed by atoms with Crippen LogP contribution < -0.4 is 5.73 Å². The van der Waals surface area contributed by atoms with Crippen LogP contribution in [0.4, 0.5) is 0 Å². The summed E-state index contributed by atoms with van der Waals surface area (Å²) in [5, 5.41) is 0. The van der Waals surface area contributed by atoms with Crippen LogP contribution in [-0.4, -0.2) is 16.5 Å². The Balaban J connectivity index is 2.41. The molecule has 1 atom stereocenters. The highest BCUT2D eigenvalue weighted by atomic mass is 14.9. The van der Waals surface area contributed by atoms with Crippen LogP contribution in [0.15, 0.2) is 24.3 Å². The van der Waals surface area contributed by atoms with E-state index in [1.807, 2.05) is 13.8 Å². The van der Waals surface area contributed by atoms with E-state index >= 15 is 0 Å². The highest BCUT2D eigenvalue weighted by molar-refractivity contribution is 5.56. The number of rotatable bonds is 4. The zero-order valence-electron chi connectivity index (χ0n) is 13.6. The van der Waals surface area contributed by atoms with Gasteiger partial charge < -0.3 is 5.73 Å². The summed E-state index contributed by atoms with van der Waals surface area (Å²) in [5.74, 6) is 1.63. The number of hydrogen-bond donors (Lipinski definition) is 1. The van der Waals surface area contributed by atoms with Gasteiger partial charge in [0.25, 0.3) is 0 Å². The van der Waals surface area contributed by atoms with Crippen LogP contribution >= 0.6 is 0 Å². The van der Waals surface area contributed by atoms with Gasteiger partial charge in [0, 0.05) is 17.0 Å². The number of benzene rings is 1. The molecule has 2 rings (SSSR count). The summed E-state index contributed by atoms with van der Waals surface area (Å²) in [6, 6.07) is 8.53. The largest absolute Gasteiger partial charge is 0.330 e. The number of hydrogen-bond acceptors (Lipinski definition) is 3. The highest BCUT2D eigenvalue weighted by Crippen LogP contribution is 2.25.